The maximum atomic E-state index is 13.0. The van der Waals surface area contributed by atoms with Crippen molar-refractivity contribution in [2.75, 3.05) is 0 Å². The van der Waals surface area contributed by atoms with E-state index in [9.17, 15) is 4.79 Å². The Morgan fingerprint density at radius 1 is 1.41 bits per heavy atom. The molecule has 1 aliphatic carbocycles. The van der Waals surface area contributed by atoms with Crippen LogP contribution in [0.2, 0.25) is 0 Å². The number of nitrogens with one attached hydrogen (secondary N) is 2. The Morgan fingerprint density at radius 3 is 3.12 bits per heavy atom. The molecule has 0 spiro atoms. The number of rotatable bonds is 5. The predicted molar refractivity (Wildman–Crippen MR) is 122 cm³/mol. The minimum absolute atomic E-state index is 0.0664. The molecular weight excluding hydrogens is 404 g/mol. The lowest BCUT2D eigenvalue weighted by atomic mass is 9.89. The van der Waals surface area contributed by atoms with Crippen LogP contribution < -0.4 is 16.4 Å². The van der Waals surface area contributed by atoms with Crippen LogP contribution >= 0.6 is 0 Å². The Morgan fingerprint density at radius 2 is 2.28 bits per heavy atom. The molecule has 3 aliphatic rings. The molecule has 166 valence electrons. The van der Waals surface area contributed by atoms with Gasteiger partial charge in [0.25, 0.3) is 5.91 Å². The summed E-state index contributed by atoms with van der Waals surface area (Å²) in [5.41, 5.74) is 10.8. The van der Waals surface area contributed by atoms with Crippen molar-refractivity contribution in [3.63, 3.8) is 0 Å². The number of hydrazone groups is 1. The highest BCUT2D eigenvalue weighted by Crippen LogP contribution is 2.34. The number of carbonyl (C=O) groups is 1. The van der Waals surface area contributed by atoms with Gasteiger partial charge in [0.2, 0.25) is 5.96 Å². The fourth-order valence-corrected chi connectivity index (χ4v) is 4.46. The molecule has 3 unspecified atom stereocenters. The summed E-state index contributed by atoms with van der Waals surface area (Å²) >= 11 is 0. The van der Waals surface area contributed by atoms with Crippen LogP contribution in [-0.4, -0.2) is 43.8 Å². The highest BCUT2D eigenvalue weighted by Gasteiger charge is 2.33. The van der Waals surface area contributed by atoms with E-state index in [1.165, 1.54) is 11.1 Å². The number of aryl methyl sites for hydroxylation is 1. The minimum atomic E-state index is -0.308. The molecule has 9 nitrogen and oxygen atoms in total. The van der Waals surface area contributed by atoms with Gasteiger partial charge < -0.3 is 16.4 Å². The molecule has 32 heavy (non-hydrogen) atoms. The fourth-order valence-electron chi connectivity index (χ4n) is 4.46. The van der Waals surface area contributed by atoms with Crippen LogP contribution in [0.5, 0.6) is 0 Å². The molecule has 1 amide bonds. The second kappa shape index (κ2) is 8.14. The van der Waals surface area contributed by atoms with Crippen LogP contribution in [0.25, 0.3) is 5.57 Å². The Balaban J connectivity index is 1.46. The minimum Gasteiger partial charge on any atom is -0.368 e. The number of aromatic nitrogens is 3. The largest absolute Gasteiger partial charge is 0.368 e. The van der Waals surface area contributed by atoms with Gasteiger partial charge in [-0.1, -0.05) is 6.92 Å². The summed E-state index contributed by atoms with van der Waals surface area (Å²) in [7, 11) is 0. The number of fused-ring (bicyclic) bond motifs is 2. The fraction of sp³-hybridized carbons (Fsp3) is 0.391. The molecule has 0 saturated heterocycles. The number of pyridine rings is 1. The smallest absolute Gasteiger partial charge is 0.269 e. The number of carbonyl (C=O) groups excluding carboxylic acids is 1. The van der Waals surface area contributed by atoms with Crippen LogP contribution in [0.15, 0.2) is 53.8 Å². The van der Waals surface area contributed by atoms with E-state index in [2.05, 4.69) is 38.1 Å². The van der Waals surface area contributed by atoms with Gasteiger partial charge in [0.1, 0.15) is 11.9 Å². The van der Waals surface area contributed by atoms with Gasteiger partial charge in [-0.2, -0.15) is 5.10 Å². The molecular formula is C23H28N8O. The molecule has 0 saturated carbocycles. The second-order valence-electron chi connectivity index (χ2n) is 8.54. The van der Waals surface area contributed by atoms with E-state index in [0.29, 0.717) is 5.70 Å². The van der Waals surface area contributed by atoms with Crippen molar-refractivity contribution in [3.05, 3.63) is 65.4 Å². The third-order valence-corrected chi connectivity index (χ3v) is 6.35. The number of guanidine groups is 1. The third-order valence-electron chi connectivity index (χ3n) is 6.35. The number of hydrogen-bond acceptors (Lipinski definition) is 7. The van der Waals surface area contributed by atoms with Crippen molar-refractivity contribution in [3.8, 4) is 0 Å². The zero-order valence-electron chi connectivity index (χ0n) is 18.3. The first-order valence-electron chi connectivity index (χ1n) is 11.1. The Kier molecular flexibility index (Phi) is 5.16. The molecule has 0 radical (unpaired) electrons. The van der Waals surface area contributed by atoms with E-state index in [4.69, 9.17) is 5.73 Å². The zero-order chi connectivity index (χ0) is 22.2. The van der Waals surface area contributed by atoms with Crippen LogP contribution in [0.3, 0.4) is 0 Å². The molecule has 3 atom stereocenters. The molecule has 0 fully saturated rings. The molecule has 2 aromatic rings. The maximum absolute atomic E-state index is 13.0. The highest BCUT2D eigenvalue weighted by atomic mass is 16.2. The Labute approximate surface area is 187 Å². The molecule has 2 aliphatic heterocycles. The summed E-state index contributed by atoms with van der Waals surface area (Å²) in [6, 6.07) is 2.35. The van der Waals surface area contributed by atoms with Crippen LogP contribution in [-0.2, 0) is 11.2 Å². The van der Waals surface area contributed by atoms with Crippen molar-refractivity contribution in [1.82, 2.24) is 30.4 Å². The van der Waals surface area contributed by atoms with E-state index >= 15 is 0 Å². The lowest BCUT2D eigenvalue weighted by Gasteiger charge is -2.28. The number of nitrogens with two attached hydrogens (primary N) is 1. The number of nitrogens with zero attached hydrogens (tertiary/aromatic N) is 5. The molecule has 0 aromatic carbocycles. The van der Waals surface area contributed by atoms with Gasteiger partial charge in [-0.05, 0) is 67.5 Å². The predicted octanol–water partition coefficient (Wildman–Crippen LogP) is 1.86. The topological polar surface area (TPSA) is 113 Å². The lowest BCUT2D eigenvalue weighted by Crippen LogP contribution is -2.44. The SMILES string of the molecule is CCC(C)NC(=O)C1=CC(c2cnn(C3CCCc4cnccc43)c2)=CC2NC(N)=NN12. The van der Waals surface area contributed by atoms with Gasteiger partial charge in [0.15, 0.2) is 0 Å². The number of amides is 1. The summed E-state index contributed by atoms with van der Waals surface area (Å²) in [6.07, 6.45) is 15.3. The van der Waals surface area contributed by atoms with Crippen molar-refractivity contribution >= 4 is 17.4 Å². The van der Waals surface area contributed by atoms with Gasteiger partial charge >= 0.3 is 0 Å². The molecule has 0 bridgehead atoms. The van der Waals surface area contributed by atoms with Gasteiger partial charge in [0, 0.05) is 30.2 Å². The first-order valence-corrected chi connectivity index (χ1v) is 11.1. The second-order valence-corrected chi connectivity index (χ2v) is 8.54. The Hall–Kier alpha value is -3.62. The van der Waals surface area contributed by atoms with Gasteiger partial charge in [-0.25, -0.2) is 5.01 Å². The average molecular weight is 433 g/mol. The zero-order valence-corrected chi connectivity index (χ0v) is 18.3. The average Bonchev–Trinajstić information content (AvgIpc) is 3.44. The van der Waals surface area contributed by atoms with Crippen molar-refractivity contribution in [1.29, 1.82) is 0 Å². The summed E-state index contributed by atoms with van der Waals surface area (Å²) in [5, 5.41) is 16.7. The molecule has 4 N–H and O–H groups in total. The van der Waals surface area contributed by atoms with Crippen molar-refractivity contribution < 1.29 is 4.79 Å². The Bertz CT molecular complexity index is 1130. The van der Waals surface area contributed by atoms with Gasteiger partial charge in [-0.15, -0.1) is 5.10 Å². The standard InChI is InChI=1S/C23H28N8O/c1-3-14(2)27-22(32)20-9-16(10-21-28-23(24)29-31(20)21)17-12-26-30(13-17)19-6-4-5-15-11-25-8-7-18(15)19/h7-14,19,21H,3-6H2,1-2H3,(H,27,32)(H3,24,28,29). The van der Waals surface area contributed by atoms with Crippen LogP contribution in [0.1, 0.15) is 55.8 Å². The van der Waals surface area contributed by atoms with E-state index in [-0.39, 0.29) is 30.1 Å². The van der Waals surface area contributed by atoms with E-state index in [1.807, 2.05) is 49.3 Å². The van der Waals surface area contributed by atoms with Crippen molar-refractivity contribution in [2.45, 2.75) is 57.8 Å². The maximum Gasteiger partial charge on any atom is 0.269 e. The normalized spacial score (nSPS) is 22.7. The van der Waals surface area contributed by atoms with E-state index in [0.717, 1.165) is 36.8 Å². The van der Waals surface area contributed by atoms with Crippen LogP contribution in [0, 0.1) is 0 Å². The lowest BCUT2D eigenvalue weighted by molar-refractivity contribution is -0.119. The van der Waals surface area contributed by atoms with E-state index < -0.39 is 0 Å². The van der Waals surface area contributed by atoms with Gasteiger partial charge in [-0.3, -0.25) is 14.5 Å². The van der Waals surface area contributed by atoms with E-state index in [1.54, 1.807) is 5.01 Å². The van der Waals surface area contributed by atoms with Gasteiger partial charge in [0.05, 0.1) is 12.2 Å². The van der Waals surface area contributed by atoms with Crippen molar-refractivity contribution in [2.24, 2.45) is 10.8 Å². The quantitative estimate of drug-likeness (QED) is 0.665. The van der Waals surface area contributed by atoms with Crippen LogP contribution in [0.4, 0.5) is 0 Å². The molecule has 2 aromatic heterocycles. The monoisotopic (exact) mass is 432 g/mol. The first-order chi connectivity index (χ1) is 15.5. The summed E-state index contributed by atoms with van der Waals surface area (Å²) in [6.45, 7) is 4.02. The first kappa shape index (κ1) is 20.3. The molecule has 5 rings (SSSR count). The summed E-state index contributed by atoms with van der Waals surface area (Å²) < 4.78 is 2.03. The molecule has 4 heterocycles. The summed E-state index contributed by atoms with van der Waals surface area (Å²) in [4.78, 5) is 17.2. The summed E-state index contributed by atoms with van der Waals surface area (Å²) in [5.74, 6) is 0.120. The highest BCUT2D eigenvalue weighted by molar-refractivity contribution is 5.98. The molecule has 9 heteroatoms. The number of allylic oxidation sites excluding steroid dienone is 2. The third kappa shape index (κ3) is 3.63. The number of hydrogen-bond donors (Lipinski definition) is 3.